The predicted octanol–water partition coefficient (Wildman–Crippen LogP) is 1.87. The van der Waals surface area contributed by atoms with Crippen molar-refractivity contribution >= 4 is 33.5 Å². The van der Waals surface area contributed by atoms with Crippen LogP contribution < -0.4 is 10.0 Å². The number of hydrogen-bond acceptors (Lipinski definition) is 6. The van der Waals surface area contributed by atoms with Crippen molar-refractivity contribution in [3.05, 3.63) is 59.7 Å². The zero-order chi connectivity index (χ0) is 23.0. The highest BCUT2D eigenvalue weighted by Crippen LogP contribution is 2.13. The first-order valence-corrected chi connectivity index (χ1v) is 11.1. The van der Waals surface area contributed by atoms with Crippen LogP contribution in [0.1, 0.15) is 34.6 Å². The lowest BCUT2D eigenvalue weighted by atomic mass is 10.2. The van der Waals surface area contributed by atoms with Crippen LogP contribution in [0.3, 0.4) is 0 Å². The minimum atomic E-state index is -3.71. The van der Waals surface area contributed by atoms with Crippen LogP contribution in [0.15, 0.2) is 53.4 Å². The third kappa shape index (κ3) is 6.37. The van der Waals surface area contributed by atoms with E-state index in [0.717, 1.165) is 6.07 Å². The second kappa shape index (κ2) is 10.7. The van der Waals surface area contributed by atoms with Gasteiger partial charge in [-0.2, -0.15) is 0 Å². The van der Waals surface area contributed by atoms with Crippen LogP contribution in [0, 0.1) is 0 Å². The highest BCUT2D eigenvalue weighted by Gasteiger charge is 2.16. The van der Waals surface area contributed by atoms with E-state index in [1.165, 1.54) is 25.2 Å². The first-order valence-electron chi connectivity index (χ1n) is 9.61. The van der Waals surface area contributed by atoms with Crippen molar-refractivity contribution in [3.8, 4) is 0 Å². The molecule has 0 saturated heterocycles. The van der Waals surface area contributed by atoms with Gasteiger partial charge in [-0.05, 0) is 63.4 Å². The molecule has 2 aromatic rings. The molecule has 0 aliphatic rings. The summed E-state index contributed by atoms with van der Waals surface area (Å²) in [5.41, 5.74) is 0.951. The topological polar surface area (TPSA) is 122 Å². The number of amides is 2. The molecule has 166 valence electrons. The van der Waals surface area contributed by atoms with E-state index in [-0.39, 0.29) is 16.4 Å². The molecule has 0 radical (unpaired) electrons. The third-order valence-electron chi connectivity index (χ3n) is 4.45. The van der Waals surface area contributed by atoms with E-state index < -0.39 is 28.5 Å². The number of rotatable bonds is 9. The van der Waals surface area contributed by atoms with Gasteiger partial charge in [-0.25, -0.2) is 17.9 Å². The molecular weight excluding hydrogens is 422 g/mol. The number of hydrogen-bond donors (Lipinski definition) is 2. The maximum atomic E-state index is 12.3. The SMILES string of the molecule is CCN(CC)C(=O)c1ccc(NC(=O)COC(=O)c2cccc(S(=O)(=O)NC)c2)cc1. The lowest BCUT2D eigenvalue weighted by molar-refractivity contribution is -0.119. The summed E-state index contributed by atoms with van der Waals surface area (Å²) >= 11 is 0. The minimum absolute atomic E-state index is 0.00314. The molecule has 2 N–H and O–H groups in total. The molecular formula is C21H25N3O6S. The summed E-state index contributed by atoms with van der Waals surface area (Å²) in [6, 6.07) is 11.7. The fourth-order valence-electron chi connectivity index (χ4n) is 2.71. The highest BCUT2D eigenvalue weighted by atomic mass is 32.2. The largest absolute Gasteiger partial charge is 0.452 e. The summed E-state index contributed by atoms with van der Waals surface area (Å²) in [4.78, 5) is 38.1. The quantitative estimate of drug-likeness (QED) is 0.566. The number of carbonyl (C=O) groups is 3. The molecule has 0 bridgehead atoms. The lowest BCUT2D eigenvalue weighted by Gasteiger charge is -2.18. The summed E-state index contributed by atoms with van der Waals surface area (Å²) in [6.45, 7) is 4.44. The van der Waals surface area contributed by atoms with Crippen molar-refractivity contribution in [2.45, 2.75) is 18.7 Å². The number of nitrogens with one attached hydrogen (secondary N) is 2. The Labute approximate surface area is 181 Å². The Morgan fingerprint density at radius 2 is 1.61 bits per heavy atom. The molecule has 0 aromatic heterocycles. The van der Waals surface area contributed by atoms with E-state index >= 15 is 0 Å². The highest BCUT2D eigenvalue weighted by molar-refractivity contribution is 7.89. The Hall–Kier alpha value is -3.24. The third-order valence-corrected chi connectivity index (χ3v) is 5.86. The van der Waals surface area contributed by atoms with E-state index in [0.29, 0.717) is 24.3 Å². The summed E-state index contributed by atoms with van der Waals surface area (Å²) < 4.78 is 30.8. The zero-order valence-electron chi connectivity index (χ0n) is 17.5. The smallest absolute Gasteiger partial charge is 0.338 e. The summed E-state index contributed by atoms with van der Waals surface area (Å²) in [5.74, 6) is -1.50. The van der Waals surface area contributed by atoms with Gasteiger partial charge in [0.1, 0.15) is 0 Å². The van der Waals surface area contributed by atoms with E-state index in [2.05, 4.69) is 10.0 Å². The average Bonchev–Trinajstić information content (AvgIpc) is 2.78. The predicted molar refractivity (Wildman–Crippen MR) is 115 cm³/mol. The van der Waals surface area contributed by atoms with E-state index in [1.807, 2.05) is 13.8 Å². The molecule has 0 aliphatic carbocycles. The molecule has 2 amide bonds. The van der Waals surface area contributed by atoms with Crippen molar-refractivity contribution in [2.24, 2.45) is 0 Å². The number of sulfonamides is 1. The van der Waals surface area contributed by atoms with Gasteiger partial charge in [-0.1, -0.05) is 6.07 Å². The van der Waals surface area contributed by atoms with Gasteiger partial charge in [0.05, 0.1) is 10.5 Å². The number of benzene rings is 2. The van der Waals surface area contributed by atoms with Crippen LogP contribution in [0.25, 0.3) is 0 Å². The van der Waals surface area contributed by atoms with Gasteiger partial charge in [0.2, 0.25) is 10.0 Å². The maximum absolute atomic E-state index is 12.3. The van der Waals surface area contributed by atoms with Crippen LogP contribution in [0.4, 0.5) is 5.69 Å². The Morgan fingerprint density at radius 3 is 2.19 bits per heavy atom. The standard InChI is InChI=1S/C21H25N3O6S/c1-4-24(5-2)20(26)15-9-11-17(12-10-15)23-19(25)14-30-21(27)16-7-6-8-18(13-16)31(28,29)22-3/h6-13,22H,4-5,14H2,1-3H3,(H,23,25). The first-order chi connectivity index (χ1) is 14.7. The molecule has 0 spiro atoms. The fraction of sp³-hybridized carbons (Fsp3) is 0.286. The molecule has 0 unspecified atom stereocenters. The van der Waals surface area contributed by atoms with Crippen LogP contribution in [-0.2, 0) is 19.6 Å². The van der Waals surface area contributed by atoms with Gasteiger partial charge in [0.25, 0.3) is 11.8 Å². The van der Waals surface area contributed by atoms with Crippen molar-refractivity contribution in [3.63, 3.8) is 0 Å². The van der Waals surface area contributed by atoms with Crippen LogP contribution in [0.2, 0.25) is 0 Å². The first kappa shape index (κ1) is 24.0. The molecule has 2 aromatic carbocycles. The van der Waals surface area contributed by atoms with Gasteiger partial charge in [0, 0.05) is 24.3 Å². The van der Waals surface area contributed by atoms with E-state index in [4.69, 9.17) is 4.74 Å². The van der Waals surface area contributed by atoms with Crippen LogP contribution in [-0.4, -0.2) is 57.8 Å². The molecule has 0 heterocycles. The van der Waals surface area contributed by atoms with Crippen molar-refractivity contribution in [2.75, 3.05) is 32.1 Å². The molecule has 9 nitrogen and oxygen atoms in total. The molecule has 31 heavy (non-hydrogen) atoms. The number of carbonyl (C=O) groups excluding carboxylic acids is 3. The monoisotopic (exact) mass is 447 g/mol. The van der Waals surface area contributed by atoms with Gasteiger partial charge < -0.3 is 15.0 Å². The van der Waals surface area contributed by atoms with Crippen LogP contribution in [0.5, 0.6) is 0 Å². The molecule has 2 rings (SSSR count). The van der Waals surface area contributed by atoms with Crippen molar-refractivity contribution in [1.82, 2.24) is 9.62 Å². The van der Waals surface area contributed by atoms with Gasteiger partial charge in [-0.15, -0.1) is 0 Å². The molecule has 0 aliphatic heterocycles. The Kier molecular flexibility index (Phi) is 8.29. The summed E-state index contributed by atoms with van der Waals surface area (Å²) in [7, 11) is -2.45. The van der Waals surface area contributed by atoms with Crippen molar-refractivity contribution < 1.29 is 27.5 Å². The molecule has 0 atom stereocenters. The fourth-order valence-corrected chi connectivity index (χ4v) is 3.48. The second-order valence-corrected chi connectivity index (χ2v) is 8.30. The van der Waals surface area contributed by atoms with Gasteiger partial charge >= 0.3 is 5.97 Å². The normalized spacial score (nSPS) is 10.9. The Bertz CT molecular complexity index is 1050. The number of ether oxygens (including phenoxy) is 1. The van der Waals surface area contributed by atoms with E-state index in [1.54, 1.807) is 29.2 Å². The molecule has 10 heteroatoms. The Morgan fingerprint density at radius 1 is 0.968 bits per heavy atom. The lowest BCUT2D eigenvalue weighted by Crippen LogP contribution is -2.30. The summed E-state index contributed by atoms with van der Waals surface area (Å²) in [6.07, 6.45) is 0. The maximum Gasteiger partial charge on any atom is 0.338 e. The van der Waals surface area contributed by atoms with Gasteiger partial charge in [-0.3, -0.25) is 9.59 Å². The minimum Gasteiger partial charge on any atom is -0.452 e. The van der Waals surface area contributed by atoms with Crippen LogP contribution >= 0.6 is 0 Å². The molecule has 0 fully saturated rings. The average molecular weight is 448 g/mol. The summed E-state index contributed by atoms with van der Waals surface area (Å²) in [5, 5.41) is 2.57. The van der Waals surface area contributed by atoms with E-state index in [9.17, 15) is 22.8 Å². The molecule has 0 saturated carbocycles. The number of esters is 1. The second-order valence-electron chi connectivity index (χ2n) is 6.41. The zero-order valence-corrected chi connectivity index (χ0v) is 18.4. The van der Waals surface area contributed by atoms with Crippen molar-refractivity contribution in [1.29, 1.82) is 0 Å². The number of nitrogens with zero attached hydrogens (tertiary/aromatic N) is 1. The Balaban J connectivity index is 1.94. The number of anilines is 1. The van der Waals surface area contributed by atoms with Gasteiger partial charge in [0.15, 0.2) is 6.61 Å².